The molecule has 0 radical (unpaired) electrons. The molecule has 6 nitrogen and oxygen atoms in total. The smallest absolute Gasteiger partial charge is 0.267 e. The number of carbonyl (C=O) groups excluding carboxylic acids is 1. The molecule has 2 aromatic heterocycles. The van der Waals surface area contributed by atoms with Crippen molar-refractivity contribution in [3.63, 3.8) is 0 Å². The molecule has 0 atom stereocenters. The van der Waals surface area contributed by atoms with Gasteiger partial charge in [-0.05, 0) is 42.3 Å². The predicted molar refractivity (Wildman–Crippen MR) is 101 cm³/mol. The lowest BCUT2D eigenvalue weighted by atomic mass is 10.1. The van der Waals surface area contributed by atoms with E-state index in [4.69, 9.17) is 4.74 Å². The molecule has 1 amide bonds. The Labute approximate surface area is 155 Å². The fourth-order valence-electron chi connectivity index (χ4n) is 2.81. The van der Waals surface area contributed by atoms with Crippen LogP contribution >= 0.6 is 0 Å². The summed E-state index contributed by atoms with van der Waals surface area (Å²) in [5, 5.41) is 2.78. The minimum atomic E-state index is -0.309. The Morgan fingerprint density at radius 2 is 1.93 bits per heavy atom. The standard InChI is InChI=1S/C20H20FN3O3/c1-13-9-17(27-2)11-19(25)24(13)8-7-22-20(26)18-10-15(12-23-18)14-3-5-16(21)6-4-14/h3-6,9-12,23H,7-8H2,1-2H3,(H,22,26). The molecule has 3 aromatic rings. The monoisotopic (exact) mass is 369 g/mol. The second kappa shape index (κ2) is 7.90. The normalized spacial score (nSPS) is 10.6. The Hall–Kier alpha value is -3.35. The van der Waals surface area contributed by atoms with Gasteiger partial charge in [0.1, 0.15) is 17.3 Å². The van der Waals surface area contributed by atoms with Crippen molar-refractivity contribution in [3.8, 4) is 16.9 Å². The highest BCUT2D eigenvalue weighted by atomic mass is 19.1. The van der Waals surface area contributed by atoms with E-state index in [1.165, 1.54) is 25.3 Å². The Morgan fingerprint density at radius 1 is 1.19 bits per heavy atom. The first-order chi connectivity index (χ1) is 13.0. The zero-order valence-corrected chi connectivity index (χ0v) is 15.1. The van der Waals surface area contributed by atoms with Crippen molar-refractivity contribution in [2.45, 2.75) is 13.5 Å². The number of rotatable bonds is 6. The highest BCUT2D eigenvalue weighted by molar-refractivity contribution is 5.93. The van der Waals surface area contributed by atoms with Gasteiger partial charge in [0.2, 0.25) is 0 Å². The molecule has 3 rings (SSSR count). The summed E-state index contributed by atoms with van der Waals surface area (Å²) in [5.41, 5.74) is 2.58. The number of aromatic amines is 1. The molecule has 0 spiro atoms. The van der Waals surface area contributed by atoms with Gasteiger partial charge in [-0.2, -0.15) is 0 Å². The van der Waals surface area contributed by atoms with Crippen LogP contribution in [-0.4, -0.2) is 29.1 Å². The van der Waals surface area contributed by atoms with Crippen molar-refractivity contribution in [2.75, 3.05) is 13.7 Å². The molecule has 0 aliphatic heterocycles. The SMILES string of the molecule is COc1cc(C)n(CCNC(=O)c2cc(-c3ccc(F)cc3)c[nH]2)c(=O)c1. The summed E-state index contributed by atoms with van der Waals surface area (Å²) >= 11 is 0. The zero-order chi connectivity index (χ0) is 19.4. The number of amides is 1. The van der Waals surface area contributed by atoms with E-state index < -0.39 is 0 Å². The van der Waals surface area contributed by atoms with Gasteiger partial charge in [-0.25, -0.2) is 4.39 Å². The summed E-state index contributed by atoms with van der Waals surface area (Å²) in [6, 6.07) is 10.9. The maximum atomic E-state index is 13.0. The largest absolute Gasteiger partial charge is 0.496 e. The van der Waals surface area contributed by atoms with E-state index in [1.807, 2.05) is 6.92 Å². The van der Waals surface area contributed by atoms with Gasteiger partial charge in [-0.1, -0.05) is 12.1 Å². The fraction of sp³-hybridized carbons (Fsp3) is 0.200. The number of H-pyrrole nitrogens is 1. The molecule has 0 unspecified atom stereocenters. The maximum Gasteiger partial charge on any atom is 0.267 e. The van der Waals surface area contributed by atoms with Gasteiger partial charge in [-0.3, -0.25) is 9.59 Å². The summed E-state index contributed by atoms with van der Waals surface area (Å²) in [7, 11) is 1.51. The van der Waals surface area contributed by atoms with E-state index in [2.05, 4.69) is 10.3 Å². The maximum absolute atomic E-state index is 13.0. The van der Waals surface area contributed by atoms with E-state index in [0.29, 0.717) is 24.5 Å². The summed E-state index contributed by atoms with van der Waals surface area (Å²) in [6.45, 7) is 2.47. The number of nitrogens with one attached hydrogen (secondary N) is 2. The molecule has 2 N–H and O–H groups in total. The van der Waals surface area contributed by atoms with E-state index in [9.17, 15) is 14.0 Å². The molecular weight excluding hydrogens is 349 g/mol. The second-order valence-corrected chi connectivity index (χ2v) is 6.09. The third-order valence-corrected chi connectivity index (χ3v) is 4.27. The van der Waals surface area contributed by atoms with Crippen LogP contribution in [0.2, 0.25) is 0 Å². The fourth-order valence-corrected chi connectivity index (χ4v) is 2.81. The highest BCUT2D eigenvalue weighted by Crippen LogP contribution is 2.20. The van der Waals surface area contributed by atoms with Crippen molar-refractivity contribution in [3.05, 3.63) is 76.2 Å². The lowest BCUT2D eigenvalue weighted by Crippen LogP contribution is -2.31. The lowest BCUT2D eigenvalue weighted by Gasteiger charge is -2.11. The number of aromatic nitrogens is 2. The molecule has 140 valence electrons. The zero-order valence-electron chi connectivity index (χ0n) is 15.1. The van der Waals surface area contributed by atoms with Crippen LogP contribution in [0.4, 0.5) is 4.39 Å². The predicted octanol–water partition coefficient (Wildman–Crippen LogP) is 2.73. The highest BCUT2D eigenvalue weighted by Gasteiger charge is 2.10. The first-order valence-electron chi connectivity index (χ1n) is 8.46. The molecule has 27 heavy (non-hydrogen) atoms. The third-order valence-electron chi connectivity index (χ3n) is 4.27. The van der Waals surface area contributed by atoms with Crippen LogP contribution in [-0.2, 0) is 6.54 Å². The number of ether oxygens (including phenoxy) is 1. The van der Waals surface area contributed by atoms with E-state index >= 15 is 0 Å². The number of nitrogens with zero attached hydrogens (tertiary/aromatic N) is 1. The number of benzene rings is 1. The van der Waals surface area contributed by atoms with Crippen LogP contribution in [0.25, 0.3) is 11.1 Å². The van der Waals surface area contributed by atoms with Crippen LogP contribution in [0.3, 0.4) is 0 Å². The van der Waals surface area contributed by atoms with Gasteiger partial charge < -0.3 is 19.6 Å². The van der Waals surface area contributed by atoms with Crippen molar-refractivity contribution >= 4 is 5.91 Å². The quantitative estimate of drug-likeness (QED) is 0.701. The van der Waals surface area contributed by atoms with Crippen molar-refractivity contribution in [2.24, 2.45) is 0 Å². The number of hydrogen-bond acceptors (Lipinski definition) is 3. The molecule has 0 bridgehead atoms. The summed E-state index contributed by atoms with van der Waals surface area (Å²) < 4.78 is 19.7. The van der Waals surface area contributed by atoms with Crippen LogP contribution in [0.1, 0.15) is 16.2 Å². The van der Waals surface area contributed by atoms with Crippen LogP contribution in [0.5, 0.6) is 5.75 Å². The number of aryl methyl sites for hydroxylation is 1. The molecule has 0 saturated carbocycles. The molecule has 0 fully saturated rings. The van der Waals surface area contributed by atoms with Crippen LogP contribution in [0.15, 0.2) is 53.5 Å². The number of pyridine rings is 1. The summed E-state index contributed by atoms with van der Waals surface area (Å²) in [6.07, 6.45) is 1.69. The van der Waals surface area contributed by atoms with E-state index in [0.717, 1.165) is 16.8 Å². The number of hydrogen-bond donors (Lipinski definition) is 2. The Balaban J connectivity index is 1.62. The van der Waals surface area contributed by atoms with Gasteiger partial charge in [0.15, 0.2) is 0 Å². The van der Waals surface area contributed by atoms with Crippen molar-refractivity contribution in [1.82, 2.24) is 14.9 Å². The molecule has 2 heterocycles. The molecular formula is C20H20FN3O3. The minimum Gasteiger partial charge on any atom is -0.496 e. The Morgan fingerprint density at radius 3 is 2.59 bits per heavy atom. The van der Waals surface area contributed by atoms with Crippen LogP contribution < -0.4 is 15.6 Å². The number of methoxy groups -OCH3 is 1. The average molecular weight is 369 g/mol. The molecule has 0 aliphatic rings. The molecule has 0 saturated heterocycles. The number of carbonyl (C=O) groups is 1. The van der Waals surface area contributed by atoms with E-state index in [1.54, 1.807) is 35.0 Å². The van der Waals surface area contributed by atoms with Crippen molar-refractivity contribution < 1.29 is 13.9 Å². The van der Waals surface area contributed by atoms with Gasteiger partial charge >= 0.3 is 0 Å². The second-order valence-electron chi connectivity index (χ2n) is 6.09. The Kier molecular flexibility index (Phi) is 5.40. The topological polar surface area (TPSA) is 76.1 Å². The first-order valence-corrected chi connectivity index (χ1v) is 8.46. The molecule has 7 heteroatoms. The van der Waals surface area contributed by atoms with Gasteiger partial charge in [-0.15, -0.1) is 0 Å². The average Bonchev–Trinajstić information content (AvgIpc) is 3.14. The summed E-state index contributed by atoms with van der Waals surface area (Å²) in [5.74, 6) is -0.0728. The first kappa shape index (κ1) is 18.4. The Bertz CT molecular complexity index is 1010. The van der Waals surface area contributed by atoms with Gasteiger partial charge in [0.25, 0.3) is 11.5 Å². The summed E-state index contributed by atoms with van der Waals surface area (Å²) in [4.78, 5) is 27.3. The minimum absolute atomic E-state index is 0.181. The number of halogens is 1. The molecule has 1 aromatic carbocycles. The van der Waals surface area contributed by atoms with Crippen LogP contribution in [0, 0.1) is 12.7 Å². The van der Waals surface area contributed by atoms with E-state index in [-0.39, 0.29) is 17.3 Å². The molecule has 0 aliphatic carbocycles. The van der Waals surface area contributed by atoms with Crippen molar-refractivity contribution in [1.29, 1.82) is 0 Å². The lowest BCUT2D eigenvalue weighted by molar-refractivity contribution is 0.0947. The third kappa shape index (κ3) is 4.25. The van der Waals surface area contributed by atoms with Gasteiger partial charge in [0, 0.05) is 31.0 Å². The van der Waals surface area contributed by atoms with Gasteiger partial charge in [0.05, 0.1) is 7.11 Å².